The summed E-state index contributed by atoms with van der Waals surface area (Å²) in [5.74, 6) is 1.83. The third-order valence-electron chi connectivity index (χ3n) is 3.02. The Kier molecular flexibility index (Phi) is 4.41. The highest BCUT2D eigenvalue weighted by atomic mass is 16.5. The van der Waals surface area contributed by atoms with Crippen molar-refractivity contribution in [2.75, 3.05) is 24.7 Å². The van der Waals surface area contributed by atoms with Gasteiger partial charge in [-0.25, -0.2) is 0 Å². The van der Waals surface area contributed by atoms with Crippen molar-refractivity contribution in [2.45, 2.75) is 20.5 Å². The molecule has 1 heterocycles. The van der Waals surface area contributed by atoms with Crippen molar-refractivity contribution < 1.29 is 4.74 Å². The Morgan fingerprint density at radius 3 is 2.36 bits per heavy atom. The summed E-state index contributed by atoms with van der Waals surface area (Å²) in [6.45, 7) is 3.98. The molecule has 2 aromatic rings. The molecule has 0 aliphatic rings. The largest absolute Gasteiger partial charge is 0.485 e. The molecule has 0 aliphatic heterocycles. The Bertz CT molecular complexity index is 712. The molecule has 1 aromatic heterocycles. The Morgan fingerprint density at radius 1 is 1.18 bits per heavy atom. The van der Waals surface area contributed by atoms with Crippen LogP contribution in [0, 0.1) is 25.2 Å². The molecule has 0 atom stereocenters. The molecule has 0 spiro atoms. The highest BCUT2D eigenvalue weighted by molar-refractivity contribution is 5.47. The molecular formula is C15H18N6O. The minimum Gasteiger partial charge on any atom is -0.485 e. The average Bonchev–Trinajstić information content (AvgIpc) is 2.45. The van der Waals surface area contributed by atoms with Crippen molar-refractivity contribution in [1.82, 2.24) is 15.0 Å². The highest BCUT2D eigenvalue weighted by Crippen LogP contribution is 2.25. The number of nitrogens with two attached hydrogens (primary N) is 1. The van der Waals surface area contributed by atoms with E-state index in [4.69, 9.17) is 15.7 Å². The zero-order valence-corrected chi connectivity index (χ0v) is 13.1. The van der Waals surface area contributed by atoms with Crippen LogP contribution >= 0.6 is 0 Å². The van der Waals surface area contributed by atoms with Gasteiger partial charge in [-0.2, -0.15) is 20.2 Å². The van der Waals surface area contributed by atoms with Gasteiger partial charge in [-0.1, -0.05) is 0 Å². The fourth-order valence-corrected chi connectivity index (χ4v) is 2.07. The van der Waals surface area contributed by atoms with Gasteiger partial charge in [0.2, 0.25) is 11.9 Å². The summed E-state index contributed by atoms with van der Waals surface area (Å²) in [4.78, 5) is 14.1. The molecule has 22 heavy (non-hydrogen) atoms. The van der Waals surface area contributed by atoms with Crippen LogP contribution in [0.4, 0.5) is 11.9 Å². The molecule has 0 saturated carbocycles. The van der Waals surface area contributed by atoms with E-state index in [1.807, 2.05) is 27.9 Å². The van der Waals surface area contributed by atoms with Gasteiger partial charge < -0.3 is 15.4 Å². The first kappa shape index (κ1) is 15.5. The number of hydrogen-bond donors (Lipinski definition) is 1. The monoisotopic (exact) mass is 298 g/mol. The number of nitrogen functional groups attached to an aromatic ring is 1. The summed E-state index contributed by atoms with van der Waals surface area (Å²) >= 11 is 0. The molecule has 0 aliphatic carbocycles. The van der Waals surface area contributed by atoms with Crippen LogP contribution in [0.2, 0.25) is 0 Å². The third kappa shape index (κ3) is 3.41. The topological polar surface area (TPSA) is 101 Å². The SMILES string of the molecule is Cc1cc(C#N)cc(C)c1OCc1nc(N)nc(N(C)C)n1. The molecule has 7 heteroatoms. The minimum atomic E-state index is 0.158. The first-order chi connectivity index (χ1) is 10.4. The van der Waals surface area contributed by atoms with E-state index < -0.39 is 0 Å². The fraction of sp³-hybridized carbons (Fsp3) is 0.333. The number of nitrogens with zero attached hydrogens (tertiary/aromatic N) is 5. The smallest absolute Gasteiger partial charge is 0.230 e. The van der Waals surface area contributed by atoms with E-state index in [0.717, 1.165) is 16.9 Å². The van der Waals surface area contributed by atoms with E-state index in [1.165, 1.54) is 0 Å². The Balaban J connectivity index is 2.22. The van der Waals surface area contributed by atoms with E-state index in [2.05, 4.69) is 21.0 Å². The summed E-state index contributed by atoms with van der Waals surface area (Å²) in [5.41, 5.74) is 8.09. The third-order valence-corrected chi connectivity index (χ3v) is 3.02. The minimum absolute atomic E-state index is 0.158. The predicted octanol–water partition coefficient (Wildman–Crippen LogP) is 1.59. The lowest BCUT2D eigenvalue weighted by atomic mass is 10.1. The Morgan fingerprint density at radius 2 is 1.82 bits per heavy atom. The maximum atomic E-state index is 8.96. The lowest BCUT2D eigenvalue weighted by molar-refractivity contribution is 0.291. The van der Waals surface area contributed by atoms with Crippen molar-refractivity contribution in [2.24, 2.45) is 0 Å². The van der Waals surface area contributed by atoms with Gasteiger partial charge in [-0.3, -0.25) is 0 Å². The molecule has 2 N–H and O–H groups in total. The summed E-state index contributed by atoms with van der Waals surface area (Å²) in [5, 5.41) is 8.96. The molecular weight excluding hydrogens is 280 g/mol. The van der Waals surface area contributed by atoms with E-state index in [-0.39, 0.29) is 12.6 Å². The van der Waals surface area contributed by atoms with E-state index in [1.54, 1.807) is 17.0 Å². The van der Waals surface area contributed by atoms with Crippen LogP contribution in [0.15, 0.2) is 12.1 Å². The van der Waals surface area contributed by atoms with Crippen LogP contribution in [0.3, 0.4) is 0 Å². The number of aryl methyl sites for hydroxylation is 2. The number of nitriles is 1. The van der Waals surface area contributed by atoms with Crippen LogP contribution in [0.5, 0.6) is 5.75 Å². The fourth-order valence-electron chi connectivity index (χ4n) is 2.07. The van der Waals surface area contributed by atoms with Gasteiger partial charge in [0.15, 0.2) is 5.82 Å². The van der Waals surface area contributed by atoms with Gasteiger partial charge in [0.1, 0.15) is 12.4 Å². The molecule has 0 unspecified atom stereocenters. The van der Waals surface area contributed by atoms with Crippen molar-refractivity contribution in [3.05, 3.63) is 34.6 Å². The molecule has 2 rings (SSSR count). The van der Waals surface area contributed by atoms with Crippen LogP contribution in [0.25, 0.3) is 0 Å². The standard InChI is InChI=1S/C15H18N6O/c1-9-5-11(7-16)6-10(2)13(9)22-8-12-18-14(17)20-15(19-12)21(3)4/h5-6H,8H2,1-4H3,(H2,17,18,19,20). The second-order valence-electron chi connectivity index (χ2n) is 5.14. The maximum Gasteiger partial charge on any atom is 0.230 e. The lowest BCUT2D eigenvalue weighted by Crippen LogP contribution is -2.17. The van der Waals surface area contributed by atoms with Crippen molar-refractivity contribution in [3.8, 4) is 11.8 Å². The number of ether oxygens (including phenoxy) is 1. The number of benzene rings is 1. The van der Waals surface area contributed by atoms with Crippen LogP contribution in [-0.4, -0.2) is 29.0 Å². The van der Waals surface area contributed by atoms with E-state index >= 15 is 0 Å². The van der Waals surface area contributed by atoms with Crippen LogP contribution in [0.1, 0.15) is 22.5 Å². The zero-order chi connectivity index (χ0) is 16.3. The number of rotatable bonds is 4. The summed E-state index contributed by atoms with van der Waals surface area (Å²) in [6.07, 6.45) is 0. The molecule has 0 fully saturated rings. The Hall–Kier alpha value is -2.88. The van der Waals surface area contributed by atoms with Crippen molar-refractivity contribution in [1.29, 1.82) is 5.26 Å². The average molecular weight is 298 g/mol. The molecule has 7 nitrogen and oxygen atoms in total. The molecule has 0 radical (unpaired) electrons. The molecule has 1 aromatic carbocycles. The number of aromatic nitrogens is 3. The van der Waals surface area contributed by atoms with E-state index in [0.29, 0.717) is 17.3 Å². The molecule has 114 valence electrons. The first-order valence-electron chi connectivity index (χ1n) is 6.72. The highest BCUT2D eigenvalue weighted by Gasteiger charge is 2.10. The quantitative estimate of drug-likeness (QED) is 0.914. The van der Waals surface area contributed by atoms with Gasteiger partial charge in [0.05, 0.1) is 11.6 Å². The molecule has 0 bridgehead atoms. The normalized spacial score (nSPS) is 10.1. The van der Waals surface area contributed by atoms with Crippen molar-refractivity contribution in [3.63, 3.8) is 0 Å². The first-order valence-corrected chi connectivity index (χ1v) is 6.72. The van der Waals surface area contributed by atoms with Gasteiger partial charge in [0, 0.05) is 14.1 Å². The second kappa shape index (κ2) is 6.26. The molecule has 0 saturated heterocycles. The lowest BCUT2D eigenvalue weighted by Gasteiger charge is -2.14. The summed E-state index contributed by atoms with van der Waals surface area (Å²) in [6, 6.07) is 5.70. The van der Waals surface area contributed by atoms with Crippen molar-refractivity contribution >= 4 is 11.9 Å². The van der Waals surface area contributed by atoms with Crippen LogP contribution < -0.4 is 15.4 Å². The number of hydrogen-bond acceptors (Lipinski definition) is 7. The van der Waals surface area contributed by atoms with Gasteiger partial charge in [-0.15, -0.1) is 0 Å². The van der Waals surface area contributed by atoms with Gasteiger partial charge >= 0.3 is 0 Å². The molecule has 0 amide bonds. The maximum absolute atomic E-state index is 8.96. The number of anilines is 2. The Labute approximate surface area is 129 Å². The summed E-state index contributed by atoms with van der Waals surface area (Å²) < 4.78 is 5.81. The van der Waals surface area contributed by atoms with Gasteiger partial charge in [0.25, 0.3) is 0 Å². The van der Waals surface area contributed by atoms with Crippen LogP contribution in [-0.2, 0) is 6.61 Å². The predicted molar refractivity (Wildman–Crippen MR) is 83.5 cm³/mol. The van der Waals surface area contributed by atoms with E-state index in [9.17, 15) is 0 Å². The zero-order valence-electron chi connectivity index (χ0n) is 13.1. The summed E-state index contributed by atoms with van der Waals surface area (Å²) in [7, 11) is 3.66. The second-order valence-corrected chi connectivity index (χ2v) is 5.14. The van der Waals surface area contributed by atoms with Gasteiger partial charge in [-0.05, 0) is 37.1 Å².